The van der Waals surface area contributed by atoms with Crippen LogP contribution in [-0.2, 0) is 19.0 Å². The van der Waals surface area contributed by atoms with Crippen molar-refractivity contribution in [2.24, 2.45) is 5.41 Å². The minimum Gasteiger partial charge on any atom is -0.458 e. The van der Waals surface area contributed by atoms with Crippen LogP contribution in [0.3, 0.4) is 0 Å². The van der Waals surface area contributed by atoms with Crippen LogP contribution in [0.25, 0.3) is 0 Å². The standard InChI is InChI=1S/C11H14O4/c1-10-6-8(15-9(12)7-10)2-3-11(10)13-4-5-14-11/h2-3,8H,4-7H2,1H3/t8-,10+/m0/s1. The maximum Gasteiger partial charge on any atom is 0.307 e. The lowest BCUT2D eigenvalue weighted by Gasteiger charge is -2.48. The molecule has 0 aromatic carbocycles. The fraction of sp³-hybridized carbons (Fsp3) is 0.727. The molecule has 2 aliphatic heterocycles. The summed E-state index contributed by atoms with van der Waals surface area (Å²) in [5, 5.41) is 0. The molecule has 0 unspecified atom stereocenters. The van der Waals surface area contributed by atoms with Crippen LogP contribution in [0.1, 0.15) is 19.8 Å². The minimum atomic E-state index is -0.692. The molecular weight excluding hydrogens is 196 g/mol. The lowest BCUT2D eigenvalue weighted by atomic mass is 9.69. The molecule has 1 spiro atoms. The molecule has 0 saturated carbocycles. The highest BCUT2D eigenvalue weighted by Gasteiger charge is 2.57. The Labute approximate surface area is 88.2 Å². The average molecular weight is 210 g/mol. The number of ether oxygens (including phenoxy) is 3. The zero-order valence-electron chi connectivity index (χ0n) is 8.69. The summed E-state index contributed by atoms with van der Waals surface area (Å²) in [4.78, 5) is 11.5. The van der Waals surface area contributed by atoms with E-state index in [4.69, 9.17) is 14.2 Å². The second-order valence-corrected chi connectivity index (χ2v) is 4.69. The Morgan fingerprint density at radius 1 is 1.40 bits per heavy atom. The van der Waals surface area contributed by atoms with Crippen LogP contribution < -0.4 is 0 Å². The van der Waals surface area contributed by atoms with E-state index in [1.54, 1.807) is 0 Å². The van der Waals surface area contributed by atoms with E-state index in [1.165, 1.54) is 0 Å². The van der Waals surface area contributed by atoms with Gasteiger partial charge in [0.25, 0.3) is 0 Å². The smallest absolute Gasteiger partial charge is 0.307 e. The lowest BCUT2D eigenvalue weighted by molar-refractivity contribution is -0.230. The normalized spacial score (nSPS) is 41.9. The molecule has 2 heterocycles. The average Bonchev–Trinajstić information content (AvgIpc) is 2.61. The van der Waals surface area contributed by atoms with Gasteiger partial charge in [0.05, 0.1) is 19.6 Å². The van der Waals surface area contributed by atoms with Gasteiger partial charge in [0.15, 0.2) is 5.79 Å². The molecular formula is C11H14O4. The molecule has 2 fully saturated rings. The molecule has 2 bridgehead atoms. The van der Waals surface area contributed by atoms with Gasteiger partial charge in [0.1, 0.15) is 6.10 Å². The fourth-order valence-corrected chi connectivity index (χ4v) is 2.77. The van der Waals surface area contributed by atoms with Gasteiger partial charge in [-0.05, 0) is 18.6 Å². The summed E-state index contributed by atoms with van der Waals surface area (Å²) in [7, 11) is 0. The molecule has 15 heavy (non-hydrogen) atoms. The summed E-state index contributed by atoms with van der Waals surface area (Å²) in [6.07, 6.45) is 4.85. The quantitative estimate of drug-likeness (QED) is 0.442. The van der Waals surface area contributed by atoms with Gasteiger partial charge in [0, 0.05) is 5.41 Å². The predicted molar refractivity (Wildman–Crippen MR) is 51.0 cm³/mol. The Hall–Kier alpha value is -0.870. The van der Waals surface area contributed by atoms with Crippen LogP contribution in [0, 0.1) is 5.41 Å². The Bertz CT molecular complexity index is 329. The third-order valence-electron chi connectivity index (χ3n) is 3.56. The van der Waals surface area contributed by atoms with Crippen molar-refractivity contribution in [1.82, 2.24) is 0 Å². The van der Waals surface area contributed by atoms with Crippen LogP contribution in [0.4, 0.5) is 0 Å². The van der Waals surface area contributed by atoms with Crippen LogP contribution in [-0.4, -0.2) is 31.1 Å². The van der Waals surface area contributed by atoms with Crippen LogP contribution in [0.2, 0.25) is 0 Å². The van der Waals surface area contributed by atoms with Crippen molar-refractivity contribution < 1.29 is 19.0 Å². The van der Waals surface area contributed by atoms with Crippen molar-refractivity contribution in [3.8, 4) is 0 Å². The van der Waals surface area contributed by atoms with Gasteiger partial charge in [-0.3, -0.25) is 4.79 Å². The third kappa shape index (κ3) is 1.18. The van der Waals surface area contributed by atoms with Gasteiger partial charge < -0.3 is 14.2 Å². The minimum absolute atomic E-state index is 0.102. The van der Waals surface area contributed by atoms with Crippen LogP contribution in [0.15, 0.2) is 12.2 Å². The van der Waals surface area contributed by atoms with E-state index in [0.29, 0.717) is 19.6 Å². The van der Waals surface area contributed by atoms with Gasteiger partial charge >= 0.3 is 5.97 Å². The number of carbonyl (C=O) groups is 1. The number of esters is 1. The largest absolute Gasteiger partial charge is 0.458 e. The molecule has 4 nitrogen and oxygen atoms in total. The highest BCUT2D eigenvalue weighted by molar-refractivity contribution is 5.72. The van der Waals surface area contributed by atoms with Gasteiger partial charge in [-0.25, -0.2) is 0 Å². The summed E-state index contributed by atoms with van der Waals surface area (Å²) in [5.41, 5.74) is -0.280. The second kappa shape index (κ2) is 2.83. The van der Waals surface area contributed by atoms with E-state index >= 15 is 0 Å². The van der Waals surface area contributed by atoms with E-state index in [2.05, 4.69) is 0 Å². The first-order valence-electron chi connectivity index (χ1n) is 5.30. The van der Waals surface area contributed by atoms with Crippen LogP contribution >= 0.6 is 0 Å². The molecule has 3 aliphatic rings. The maximum absolute atomic E-state index is 11.5. The van der Waals surface area contributed by atoms with E-state index in [9.17, 15) is 4.79 Å². The van der Waals surface area contributed by atoms with Gasteiger partial charge in [-0.2, -0.15) is 0 Å². The molecule has 2 saturated heterocycles. The summed E-state index contributed by atoms with van der Waals surface area (Å²) >= 11 is 0. The molecule has 4 heteroatoms. The first-order valence-corrected chi connectivity index (χ1v) is 5.30. The highest BCUT2D eigenvalue weighted by Crippen LogP contribution is 2.51. The number of hydrogen-bond acceptors (Lipinski definition) is 4. The van der Waals surface area contributed by atoms with Gasteiger partial charge in [-0.15, -0.1) is 0 Å². The Morgan fingerprint density at radius 3 is 2.87 bits per heavy atom. The molecule has 82 valence electrons. The molecule has 0 aromatic rings. The Morgan fingerprint density at radius 2 is 2.13 bits per heavy atom. The van der Waals surface area contributed by atoms with Crippen molar-refractivity contribution >= 4 is 5.97 Å². The number of fused-ring (bicyclic) bond motifs is 3. The highest BCUT2D eigenvalue weighted by atomic mass is 16.7. The molecule has 1 aliphatic carbocycles. The van der Waals surface area contributed by atoms with E-state index < -0.39 is 5.79 Å². The zero-order chi connectivity index (χ0) is 10.5. The van der Waals surface area contributed by atoms with Gasteiger partial charge in [-0.1, -0.05) is 6.92 Å². The Balaban J connectivity index is 2.03. The van der Waals surface area contributed by atoms with Crippen molar-refractivity contribution in [2.45, 2.75) is 31.7 Å². The molecule has 0 aromatic heterocycles. The van der Waals surface area contributed by atoms with Crippen molar-refractivity contribution in [1.29, 1.82) is 0 Å². The van der Waals surface area contributed by atoms with Gasteiger partial charge in [0.2, 0.25) is 0 Å². The molecule has 3 rings (SSSR count). The Kier molecular flexibility index (Phi) is 1.77. The molecule has 0 amide bonds. The lowest BCUT2D eigenvalue weighted by Crippen LogP contribution is -2.54. The number of carbonyl (C=O) groups excluding carboxylic acids is 1. The first kappa shape index (κ1) is 9.36. The number of rotatable bonds is 0. The SMILES string of the molecule is C[C@@]12CC(=O)O[C@@H](C=CC13OCCO3)C2. The summed E-state index contributed by atoms with van der Waals surface area (Å²) in [6, 6.07) is 0. The van der Waals surface area contributed by atoms with E-state index in [-0.39, 0.29) is 17.5 Å². The van der Waals surface area contributed by atoms with Crippen molar-refractivity contribution in [2.75, 3.05) is 13.2 Å². The second-order valence-electron chi connectivity index (χ2n) is 4.69. The van der Waals surface area contributed by atoms with E-state index in [0.717, 1.165) is 6.42 Å². The summed E-state index contributed by atoms with van der Waals surface area (Å²) in [5.74, 6) is -0.847. The fourth-order valence-electron chi connectivity index (χ4n) is 2.77. The zero-order valence-corrected chi connectivity index (χ0v) is 8.69. The summed E-state index contributed by atoms with van der Waals surface area (Å²) in [6.45, 7) is 3.23. The first-order chi connectivity index (χ1) is 7.14. The molecule has 2 atom stereocenters. The topological polar surface area (TPSA) is 44.8 Å². The van der Waals surface area contributed by atoms with Crippen molar-refractivity contribution in [3.63, 3.8) is 0 Å². The third-order valence-corrected chi connectivity index (χ3v) is 3.56. The summed E-state index contributed by atoms with van der Waals surface area (Å²) < 4.78 is 16.6. The maximum atomic E-state index is 11.5. The monoisotopic (exact) mass is 210 g/mol. The predicted octanol–water partition coefficient (Wildman–Crippen LogP) is 1.01. The van der Waals surface area contributed by atoms with E-state index in [1.807, 2.05) is 19.1 Å². The van der Waals surface area contributed by atoms with Crippen LogP contribution in [0.5, 0.6) is 0 Å². The molecule has 0 N–H and O–H groups in total. The molecule has 0 radical (unpaired) electrons. The van der Waals surface area contributed by atoms with Crippen molar-refractivity contribution in [3.05, 3.63) is 12.2 Å². The number of hydrogen-bond donors (Lipinski definition) is 0.